The van der Waals surface area contributed by atoms with Crippen LogP contribution in [-0.4, -0.2) is 30.1 Å². The molecule has 0 saturated carbocycles. The molecule has 19 heavy (non-hydrogen) atoms. The predicted molar refractivity (Wildman–Crippen MR) is 82.1 cm³/mol. The van der Waals surface area contributed by atoms with E-state index in [2.05, 4.69) is 68.2 Å². The van der Waals surface area contributed by atoms with Crippen LogP contribution in [-0.2, 0) is 6.54 Å². The number of hydrogen-bond donors (Lipinski definition) is 1. The first-order valence-corrected chi connectivity index (χ1v) is 7.59. The second-order valence-corrected chi connectivity index (χ2v) is 6.49. The Morgan fingerprint density at radius 3 is 2.37 bits per heavy atom. The summed E-state index contributed by atoms with van der Waals surface area (Å²) in [5.74, 6) is 1.40. The van der Waals surface area contributed by atoms with Gasteiger partial charge in [0.1, 0.15) is 0 Å². The van der Waals surface area contributed by atoms with Crippen molar-refractivity contribution in [1.29, 1.82) is 0 Å². The Bertz CT molecular complexity index is 372. The highest BCUT2D eigenvalue weighted by Gasteiger charge is 2.30. The first-order valence-electron chi connectivity index (χ1n) is 7.59. The predicted octanol–water partition coefficient (Wildman–Crippen LogP) is 3.14. The van der Waals surface area contributed by atoms with E-state index >= 15 is 0 Å². The average Bonchev–Trinajstić information content (AvgIpc) is 2.39. The third kappa shape index (κ3) is 3.80. The monoisotopic (exact) mass is 260 g/mol. The van der Waals surface area contributed by atoms with Crippen LogP contribution in [0.3, 0.4) is 0 Å². The number of nitrogens with one attached hydrogen (secondary N) is 1. The summed E-state index contributed by atoms with van der Waals surface area (Å²) >= 11 is 0. The lowest BCUT2D eigenvalue weighted by Gasteiger charge is -2.43. The molecule has 0 spiro atoms. The van der Waals surface area contributed by atoms with Gasteiger partial charge in [-0.3, -0.25) is 4.90 Å². The van der Waals surface area contributed by atoms with Gasteiger partial charge < -0.3 is 5.32 Å². The highest BCUT2D eigenvalue weighted by molar-refractivity contribution is 5.15. The minimum absolute atomic E-state index is 0.624. The van der Waals surface area contributed by atoms with Crippen molar-refractivity contribution in [3.63, 3.8) is 0 Å². The first kappa shape index (κ1) is 14.5. The van der Waals surface area contributed by atoms with Crippen LogP contribution in [0.1, 0.15) is 33.3 Å². The SMILES string of the molecule is CC(C)[C@@H]1CN(Cc2ccccc2)[C@@H](C(C)C)CN1. The zero-order chi connectivity index (χ0) is 13.8. The van der Waals surface area contributed by atoms with E-state index < -0.39 is 0 Å². The standard InChI is InChI=1S/C17H28N2/c1-13(2)16-12-19(17(10-18-16)14(3)4)11-15-8-6-5-7-9-15/h5-9,13-14,16-18H,10-12H2,1-4H3/t16-,17+/m0/s1. The van der Waals surface area contributed by atoms with Crippen molar-refractivity contribution in [3.05, 3.63) is 35.9 Å². The molecule has 1 fully saturated rings. The van der Waals surface area contributed by atoms with Gasteiger partial charge in [-0.25, -0.2) is 0 Å². The number of hydrogen-bond acceptors (Lipinski definition) is 2. The molecule has 2 atom stereocenters. The minimum atomic E-state index is 0.624. The summed E-state index contributed by atoms with van der Waals surface area (Å²) in [4.78, 5) is 2.67. The Hall–Kier alpha value is -0.860. The average molecular weight is 260 g/mol. The molecule has 0 aromatic heterocycles. The van der Waals surface area contributed by atoms with Crippen molar-refractivity contribution in [3.8, 4) is 0 Å². The highest BCUT2D eigenvalue weighted by Crippen LogP contribution is 2.20. The van der Waals surface area contributed by atoms with Gasteiger partial charge in [0.15, 0.2) is 0 Å². The van der Waals surface area contributed by atoms with Crippen molar-refractivity contribution in [2.45, 2.75) is 46.3 Å². The number of benzene rings is 1. The molecule has 2 rings (SSSR count). The van der Waals surface area contributed by atoms with E-state index in [1.54, 1.807) is 0 Å². The lowest BCUT2D eigenvalue weighted by Crippen LogP contribution is -2.59. The van der Waals surface area contributed by atoms with Gasteiger partial charge in [-0.2, -0.15) is 0 Å². The third-order valence-electron chi connectivity index (χ3n) is 4.29. The Labute approximate surface area is 118 Å². The van der Waals surface area contributed by atoms with Crippen molar-refractivity contribution < 1.29 is 0 Å². The van der Waals surface area contributed by atoms with Gasteiger partial charge in [0.2, 0.25) is 0 Å². The molecule has 1 aliphatic heterocycles. The van der Waals surface area contributed by atoms with Gasteiger partial charge in [0, 0.05) is 31.7 Å². The maximum atomic E-state index is 3.72. The van der Waals surface area contributed by atoms with Crippen LogP contribution in [0.5, 0.6) is 0 Å². The molecule has 0 unspecified atom stereocenters. The quantitative estimate of drug-likeness (QED) is 0.894. The van der Waals surface area contributed by atoms with Gasteiger partial charge in [-0.05, 0) is 17.4 Å². The molecule has 0 amide bonds. The fourth-order valence-electron chi connectivity index (χ4n) is 2.96. The summed E-state index contributed by atoms with van der Waals surface area (Å²) in [6, 6.07) is 12.1. The van der Waals surface area contributed by atoms with Crippen LogP contribution < -0.4 is 5.32 Å². The molecule has 1 N–H and O–H groups in total. The number of rotatable bonds is 4. The number of nitrogens with zero attached hydrogens (tertiary/aromatic N) is 1. The zero-order valence-electron chi connectivity index (χ0n) is 12.8. The summed E-state index contributed by atoms with van der Waals surface area (Å²) < 4.78 is 0. The molecular weight excluding hydrogens is 232 g/mol. The molecule has 2 nitrogen and oxygen atoms in total. The summed E-state index contributed by atoms with van der Waals surface area (Å²) in [7, 11) is 0. The lowest BCUT2D eigenvalue weighted by molar-refractivity contribution is 0.0784. The van der Waals surface area contributed by atoms with Gasteiger partial charge in [-0.15, -0.1) is 0 Å². The molecule has 0 aliphatic carbocycles. The summed E-state index contributed by atoms with van der Waals surface area (Å²) in [6.07, 6.45) is 0. The van der Waals surface area contributed by atoms with Crippen LogP contribution >= 0.6 is 0 Å². The molecule has 1 heterocycles. The van der Waals surface area contributed by atoms with Crippen LogP contribution in [0, 0.1) is 11.8 Å². The second-order valence-electron chi connectivity index (χ2n) is 6.49. The summed E-state index contributed by atoms with van der Waals surface area (Å²) in [5, 5.41) is 3.72. The number of piperazine rings is 1. The maximum Gasteiger partial charge on any atom is 0.0247 e. The van der Waals surface area contributed by atoms with E-state index in [0.717, 1.165) is 19.6 Å². The van der Waals surface area contributed by atoms with Crippen molar-refractivity contribution in [2.24, 2.45) is 11.8 Å². The van der Waals surface area contributed by atoms with Gasteiger partial charge in [0.05, 0.1) is 0 Å². The zero-order valence-corrected chi connectivity index (χ0v) is 12.8. The summed E-state index contributed by atoms with van der Waals surface area (Å²) in [6.45, 7) is 12.7. The van der Waals surface area contributed by atoms with Crippen molar-refractivity contribution >= 4 is 0 Å². The van der Waals surface area contributed by atoms with E-state index in [4.69, 9.17) is 0 Å². The van der Waals surface area contributed by atoms with E-state index in [-0.39, 0.29) is 0 Å². The molecule has 1 saturated heterocycles. The second kappa shape index (κ2) is 6.53. The highest BCUT2D eigenvalue weighted by atomic mass is 15.2. The molecule has 106 valence electrons. The molecule has 0 bridgehead atoms. The van der Waals surface area contributed by atoms with E-state index in [1.165, 1.54) is 5.56 Å². The molecule has 0 radical (unpaired) electrons. The lowest BCUT2D eigenvalue weighted by atomic mass is 9.94. The van der Waals surface area contributed by atoms with Gasteiger partial charge in [-0.1, -0.05) is 58.0 Å². The van der Waals surface area contributed by atoms with Crippen LogP contribution in [0.15, 0.2) is 30.3 Å². The Morgan fingerprint density at radius 2 is 1.79 bits per heavy atom. The smallest absolute Gasteiger partial charge is 0.0247 e. The molecular formula is C17H28N2. The fraction of sp³-hybridized carbons (Fsp3) is 0.647. The Kier molecular flexibility index (Phi) is 5.00. The van der Waals surface area contributed by atoms with Gasteiger partial charge >= 0.3 is 0 Å². The topological polar surface area (TPSA) is 15.3 Å². The third-order valence-corrected chi connectivity index (χ3v) is 4.29. The summed E-state index contributed by atoms with van der Waals surface area (Å²) in [5.41, 5.74) is 1.43. The van der Waals surface area contributed by atoms with Crippen molar-refractivity contribution in [2.75, 3.05) is 13.1 Å². The van der Waals surface area contributed by atoms with Gasteiger partial charge in [0.25, 0.3) is 0 Å². The Balaban J connectivity index is 2.07. The van der Waals surface area contributed by atoms with Crippen LogP contribution in [0.4, 0.5) is 0 Å². The molecule has 1 aromatic rings. The Morgan fingerprint density at radius 1 is 1.11 bits per heavy atom. The van der Waals surface area contributed by atoms with Crippen LogP contribution in [0.2, 0.25) is 0 Å². The fourth-order valence-corrected chi connectivity index (χ4v) is 2.96. The molecule has 1 aromatic carbocycles. The first-order chi connectivity index (χ1) is 9.08. The van der Waals surface area contributed by atoms with E-state index in [0.29, 0.717) is 23.9 Å². The maximum absolute atomic E-state index is 3.72. The molecule has 1 aliphatic rings. The van der Waals surface area contributed by atoms with E-state index in [9.17, 15) is 0 Å². The molecule has 2 heteroatoms. The van der Waals surface area contributed by atoms with Crippen molar-refractivity contribution in [1.82, 2.24) is 10.2 Å². The van der Waals surface area contributed by atoms with Crippen LogP contribution in [0.25, 0.3) is 0 Å². The minimum Gasteiger partial charge on any atom is -0.311 e. The normalized spacial score (nSPS) is 25.2. The largest absolute Gasteiger partial charge is 0.311 e. The van der Waals surface area contributed by atoms with E-state index in [1.807, 2.05) is 0 Å².